The fraction of sp³-hybridized carbons (Fsp3) is 0.292. The number of nitrogens with one attached hydrogen (secondary N) is 1. The van der Waals surface area contributed by atoms with E-state index in [1.165, 1.54) is 36.9 Å². The first-order valence-corrected chi connectivity index (χ1v) is 10.8. The lowest BCUT2D eigenvalue weighted by molar-refractivity contribution is -0.137. The Balaban J connectivity index is 1.49. The van der Waals surface area contributed by atoms with Crippen molar-refractivity contribution < 1.29 is 27.9 Å². The third kappa shape index (κ3) is 5.29. The van der Waals surface area contributed by atoms with Crippen LogP contribution in [-0.2, 0) is 17.4 Å². The number of carbonyl (C=O) groups is 2. The van der Waals surface area contributed by atoms with Gasteiger partial charge in [-0.25, -0.2) is 9.98 Å². The summed E-state index contributed by atoms with van der Waals surface area (Å²) in [6.45, 7) is 1.69. The Hall–Kier alpha value is -3.86. The number of amides is 1. The van der Waals surface area contributed by atoms with Crippen molar-refractivity contribution in [2.24, 2.45) is 15.9 Å². The molecule has 2 aliphatic heterocycles. The summed E-state index contributed by atoms with van der Waals surface area (Å²) in [7, 11) is 0. The number of fused-ring (bicyclic) bond motifs is 1. The number of rotatable bonds is 7. The van der Waals surface area contributed by atoms with Gasteiger partial charge >= 0.3 is 6.18 Å². The van der Waals surface area contributed by atoms with E-state index >= 15 is 0 Å². The molecule has 2 aliphatic rings. The smallest absolute Gasteiger partial charge is 0.394 e. The van der Waals surface area contributed by atoms with Crippen LogP contribution in [0.3, 0.4) is 0 Å². The number of hydrogen-bond donors (Lipinski definition) is 2. The number of halogens is 3. The topological polar surface area (TPSA) is 107 Å². The SMILES string of the molecule is C[C@@H](CO)N1C=C(C(=O)c2cncc(NC(=O)Cc3cccc(C(F)(F)F)c3)c2)C2C=NC=NC21. The lowest BCUT2D eigenvalue weighted by Gasteiger charge is -2.30. The van der Waals surface area contributed by atoms with E-state index in [0.717, 1.165) is 12.1 Å². The van der Waals surface area contributed by atoms with E-state index in [2.05, 4.69) is 20.3 Å². The summed E-state index contributed by atoms with van der Waals surface area (Å²) in [6.07, 6.45) is 2.23. The molecular formula is C24H22F3N5O3. The Kier molecular flexibility index (Phi) is 6.79. The van der Waals surface area contributed by atoms with Crippen molar-refractivity contribution in [2.45, 2.75) is 31.7 Å². The third-order valence-electron chi connectivity index (χ3n) is 5.75. The number of aromatic nitrogens is 1. The summed E-state index contributed by atoms with van der Waals surface area (Å²) in [5, 5.41) is 12.1. The molecular weight excluding hydrogens is 463 g/mol. The van der Waals surface area contributed by atoms with E-state index in [1.807, 2.05) is 6.92 Å². The van der Waals surface area contributed by atoms with E-state index in [9.17, 15) is 27.9 Å². The number of pyridine rings is 1. The van der Waals surface area contributed by atoms with Gasteiger partial charge in [0.2, 0.25) is 5.91 Å². The molecule has 0 spiro atoms. The molecule has 2 unspecified atom stereocenters. The maximum atomic E-state index is 13.3. The Morgan fingerprint density at radius 1 is 1.23 bits per heavy atom. The van der Waals surface area contributed by atoms with Gasteiger partial charge in [-0.3, -0.25) is 14.6 Å². The summed E-state index contributed by atoms with van der Waals surface area (Å²) >= 11 is 0. The molecule has 2 N–H and O–H groups in total. The molecule has 1 amide bonds. The Morgan fingerprint density at radius 2 is 2.03 bits per heavy atom. The molecule has 35 heavy (non-hydrogen) atoms. The van der Waals surface area contributed by atoms with Gasteiger partial charge in [0.15, 0.2) is 5.78 Å². The molecule has 3 heterocycles. The van der Waals surface area contributed by atoms with Crippen LogP contribution in [0.2, 0.25) is 0 Å². The van der Waals surface area contributed by atoms with E-state index in [1.54, 1.807) is 17.3 Å². The largest absolute Gasteiger partial charge is 0.416 e. The molecule has 0 saturated heterocycles. The first-order valence-electron chi connectivity index (χ1n) is 10.8. The van der Waals surface area contributed by atoms with E-state index in [-0.39, 0.29) is 41.7 Å². The molecule has 4 rings (SSSR count). The maximum Gasteiger partial charge on any atom is 0.416 e. The number of aliphatic hydroxyl groups excluding tert-OH is 1. The average molecular weight is 485 g/mol. The number of aliphatic imine (C=N–C) groups is 2. The van der Waals surface area contributed by atoms with Crippen molar-refractivity contribution in [3.63, 3.8) is 0 Å². The van der Waals surface area contributed by atoms with Crippen molar-refractivity contribution in [1.29, 1.82) is 0 Å². The monoisotopic (exact) mass is 485 g/mol. The zero-order valence-corrected chi connectivity index (χ0v) is 18.6. The van der Waals surface area contributed by atoms with E-state index in [4.69, 9.17) is 0 Å². The highest BCUT2D eigenvalue weighted by Crippen LogP contribution is 2.33. The van der Waals surface area contributed by atoms with Crippen LogP contribution in [0.1, 0.15) is 28.4 Å². The van der Waals surface area contributed by atoms with Crippen LogP contribution in [0, 0.1) is 5.92 Å². The number of ketones is 1. The Morgan fingerprint density at radius 3 is 2.77 bits per heavy atom. The van der Waals surface area contributed by atoms with E-state index in [0.29, 0.717) is 5.57 Å². The second-order valence-corrected chi connectivity index (χ2v) is 8.28. The third-order valence-corrected chi connectivity index (χ3v) is 5.75. The highest BCUT2D eigenvalue weighted by Gasteiger charge is 2.40. The summed E-state index contributed by atoms with van der Waals surface area (Å²) in [5.41, 5.74) is 0.243. The molecule has 1 aromatic heterocycles. The molecule has 0 saturated carbocycles. The summed E-state index contributed by atoms with van der Waals surface area (Å²) < 4.78 is 38.7. The molecule has 3 atom stereocenters. The van der Waals surface area contributed by atoms with Crippen molar-refractivity contribution in [2.75, 3.05) is 11.9 Å². The fourth-order valence-corrected chi connectivity index (χ4v) is 3.97. The fourth-order valence-electron chi connectivity index (χ4n) is 3.97. The molecule has 11 heteroatoms. The lowest BCUT2D eigenvalue weighted by atomic mass is 9.93. The van der Waals surface area contributed by atoms with Gasteiger partial charge in [-0.1, -0.05) is 18.2 Å². The van der Waals surface area contributed by atoms with Gasteiger partial charge in [-0.15, -0.1) is 0 Å². The molecule has 0 fully saturated rings. The summed E-state index contributed by atoms with van der Waals surface area (Å²) in [5.74, 6) is -1.29. The minimum atomic E-state index is -4.50. The zero-order chi connectivity index (χ0) is 25.2. The van der Waals surface area contributed by atoms with Gasteiger partial charge in [0.25, 0.3) is 0 Å². The molecule has 2 aromatic rings. The zero-order valence-electron chi connectivity index (χ0n) is 18.6. The quantitative estimate of drug-likeness (QED) is 0.586. The molecule has 0 radical (unpaired) electrons. The number of Topliss-reactive ketones (excluding diaryl/α,β-unsaturated/α-hetero) is 1. The van der Waals surface area contributed by atoms with Crippen LogP contribution in [0.5, 0.6) is 0 Å². The second kappa shape index (κ2) is 9.79. The van der Waals surface area contributed by atoms with Crippen LogP contribution >= 0.6 is 0 Å². The normalized spacial score (nSPS) is 19.8. The van der Waals surface area contributed by atoms with Gasteiger partial charge in [0, 0.05) is 29.7 Å². The maximum absolute atomic E-state index is 13.3. The van der Waals surface area contributed by atoms with Crippen LogP contribution in [-0.4, -0.2) is 58.0 Å². The predicted octanol–water partition coefficient (Wildman–Crippen LogP) is 3.10. The first kappa shape index (κ1) is 24.3. The number of aliphatic hydroxyl groups is 1. The molecule has 8 nitrogen and oxygen atoms in total. The minimum absolute atomic E-state index is 0.122. The van der Waals surface area contributed by atoms with Crippen LogP contribution < -0.4 is 5.32 Å². The molecule has 1 aromatic carbocycles. The number of nitrogens with zero attached hydrogens (tertiary/aromatic N) is 4. The second-order valence-electron chi connectivity index (χ2n) is 8.28. The van der Waals surface area contributed by atoms with E-state index < -0.39 is 29.7 Å². The number of benzene rings is 1. The Labute approximate surface area is 198 Å². The standard InChI is InChI=1S/C24H22F3N5O3/c1-14(12-33)32-11-20(19-10-29-13-30-23(19)32)22(35)16-7-18(9-28-8-16)31-21(34)6-15-3-2-4-17(5-15)24(25,26)27/h2-5,7-11,13-14,19,23,33H,6,12H2,1H3,(H,31,34)/t14-,19?,23?/m0/s1. The average Bonchev–Trinajstić information content (AvgIpc) is 3.22. The van der Waals surface area contributed by atoms with Gasteiger partial charge in [-0.05, 0) is 24.6 Å². The Bertz CT molecular complexity index is 1220. The van der Waals surface area contributed by atoms with Gasteiger partial charge < -0.3 is 15.3 Å². The first-order chi connectivity index (χ1) is 16.7. The van der Waals surface area contributed by atoms with Crippen molar-refractivity contribution in [3.05, 3.63) is 71.2 Å². The molecule has 182 valence electrons. The summed E-state index contributed by atoms with van der Waals surface area (Å²) in [6, 6.07) is 5.73. The highest BCUT2D eigenvalue weighted by atomic mass is 19.4. The van der Waals surface area contributed by atoms with Gasteiger partial charge in [0.05, 0.1) is 42.4 Å². The van der Waals surface area contributed by atoms with Crippen molar-refractivity contribution in [1.82, 2.24) is 9.88 Å². The molecule has 0 bridgehead atoms. The number of hydrogen-bond acceptors (Lipinski definition) is 7. The molecule has 0 aliphatic carbocycles. The number of alkyl halides is 3. The van der Waals surface area contributed by atoms with Crippen LogP contribution in [0.4, 0.5) is 18.9 Å². The highest BCUT2D eigenvalue weighted by molar-refractivity contribution is 6.12. The van der Waals surface area contributed by atoms with Gasteiger partial charge in [-0.2, -0.15) is 13.2 Å². The minimum Gasteiger partial charge on any atom is -0.394 e. The lowest BCUT2D eigenvalue weighted by Crippen LogP contribution is -2.40. The summed E-state index contributed by atoms with van der Waals surface area (Å²) in [4.78, 5) is 39.9. The van der Waals surface area contributed by atoms with Crippen molar-refractivity contribution >= 4 is 29.9 Å². The van der Waals surface area contributed by atoms with Gasteiger partial charge in [0.1, 0.15) is 12.5 Å². The predicted molar refractivity (Wildman–Crippen MR) is 123 cm³/mol. The number of carbonyl (C=O) groups excluding carboxylic acids is 2. The van der Waals surface area contributed by atoms with Crippen LogP contribution in [0.15, 0.2) is 64.5 Å². The van der Waals surface area contributed by atoms with Crippen molar-refractivity contribution in [3.8, 4) is 0 Å². The number of anilines is 1. The van der Waals surface area contributed by atoms with Crippen LogP contribution in [0.25, 0.3) is 0 Å².